The number of benzene rings is 1. The Kier molecular flexibility index (Phi) is 4.43. The fourth-order valence-electron chi connectivity index (χ4n) is 2.73. The van der Waals surface area contributed by atoms with E-state index in [0.717, 1.165) is 30.7 Å². The van der Waals surface area contributed by atoms with Gasteiger partial charge in [0.1, 0.15) is 11.2 Å². The molecule has 0 spiro atoms. The first-order chi connectivity index (χ1) is 9.24. The number of esters is 1. The van der Waals surface area contributed by atoms with Crippen molar-refractivity contribution in [1.29, 1.82) is 0 Å². The molecule has 1 aliphatic heterocycles. The zero-order chi connectivity index (χ0) is 13.7. The first-order valence-electron chi connectivity index (χ1n) is 6.76. The summed E-state index contributed by atoms with van der Waals surface area (Å²) in [5.74, 6) is 0.589. The number of nitrogens with one attached hydrogen (secondary N) is 1. The molecular weight excluding hydrogens is 242 g/mol. The third-order valence-corrected chi connectivity index (χ3v) is 3.67. The van der Waals surface area contributed by atoms with Gasteiger partial charge in [-0.1, -0.05) is 18.2 Å². The molecule has 0 radical (unpaired) electrons. The lowest BCUT2D eigenvalue weighted by atomic mass is 9.74. The maximum atomic E-state index is 12.5. The van der Waals surface area contributed by atoms with Gasteiger partial charge in [-0.2, -0.15) is 0 Å². The molecule has 0 amide bonds. The minimum atomic E-state index is -0.624. The van der Waals surface area contributed by atoms with Crippen molar-refractivity contribution >= 4 is 5.97 Å². The van der Waals surface area contributed by atoms with E-state index in [2.05, 4.69) is 5.32 Å². The molecule has 1 N–H and O–H groups in total. The summed E-state index contributed by atoms with van der Waals surface area (Å²) < 4.78 is 10.7. The Labute approximate surface area is 114 Å². The molecule has 1 atom stereocenters. The van der Waals surface area contributed by atoms with Crippen LogP contribution in [0.5, 0.6) is 5.75 Å². The molecule has 0 aliphatic carbocycles. The topological polar surface area (TPSA) is 47.6 Å². The summed E-state index contributed by atoms with van der Waals surface area (Å²) in [6.45, 7) is 3.78. The summed E-state index contributed by atoms with van der Waals surface area (Å²) in [5.41, 5.74) is 0.295. The van der Waals surface area contributed by atoms with Crippen LogP contribution in [0.3, 0.4) is 0 Å². The van der Waals surface area contributed by atoms with Gasteiger partial charge in [0, 0.05) is 12.1 Å². The van der Waals surface area contributed by atoms with Gasteiger partial charge >= 0.3 is 5.97 Å². The van der Waals surface area contributed by atoms with Gasteiger partial charge in [0.15, 0.2) is 0 Å². The van der Waals surface area contributed by atoms with Crippen LogP contribution in [-0.4, -0.2) is 32.8 Å². The van der Waals surface area contributed by atoms with E-state index in [4.69, 9.17) is 9.47 Å². The number of hydrogen-bond acceptors (Lipinski definition) is 4. The quantitative estimate of drug-likeness (QED) is 0.843. The van der Waals surface area contributed by atoms with Crippen molar-refractivity contribution in [3.05, 3.63) is 29.8 Å². The summed E-state index contributed by atoms with van der Waals surface area (Å²) in [4.78, 5) is 12.5. The predicted octanol–water partition coefficient (Wildman–Crippen LogP) is 1.88. The maximum absolute atomic E-state index is 12.5. The lowest BCUT2D eigenvalue weighted by Crippen LogP contribution is -2.50. The van der Waals surface area contributed by atoms with Crippen molar-refractivity contribution < 1.29 is 14.3 Å². The first kappa shape index (κ1) is 13.9. The van der Waals surface area contributed by atoms with Crippen LogP contribution >= 0.6 is 0 Å². The van der Waals surface area contributed by atoms with Gasteiger partial charge in [-0.05, 0) is 32.4 Å². The smallest absolute Gasteiger partial charge is 0.318 e. The molecule has 0 bridgehead atoms. The Morgan fingerprint density at radius 1 is 1.42 bits per heavy atom. The standard InChI is InChI=1S/C15H21NO3/c1-3-19-14(17)15(9-6-10-16-11-15)12-7-4-5-8-13(12)18-2/h4-5,7-8,16H,3,6,9-11H2,1-2H3. The fourth-order valence-corrected chi connectivity index (χ4v) is 2.73. The number of methoxy groups -OCH3 is 1. The molecule has 1 aromatic rings. The molecule has 4 nitrogen and oxygen atoms in total. The third kappa shape index (κ3) is 2.59. The Morgan fingerprint density at radius 3 is 2.84 bits per heavy atom. The minimum Gasteiger partial charge on any atom is -0.496 e. The second kappa shape index (κ2) is 6.06. The average molecular weight is 263 g/mol. The zero-order valence-corrected chi connectivity index (χ0v) is 11.6. The molecule has 1 heterocycles. The van der Waals surface area contributed by atoms with E-state index in [1.807, 2.05) is 31.2 Å². The van der Waals surface area contributed by atoms with Crippen LogP contribution in [0.1, 0.15) is 25.3 Å². The van der Waals surface area contributed by atoms with Crippen molar-refractivity contribution in [3.63, 3.8) is 0 Å². The van der Waals surface area contributed by atoms with Crippen LogP contribution in [-0.2, 0) is 14.9 Å². The molecule has 2 rings (SSSR count). The van der Waals surface area contributed by atoms with E-state index in [9.17, 15) is 4.79 Å². The number of carbonyl (C=O) groups is 1. The number of rotatable bonds is 4. The largest absolute Gasteiger partial charge is 0.496 e. The molecule has 4 heteroatoms. The second-order valence-corrected chi connectivity index (χ2v) is 4.78. The van der Waals surface area contributed by atoms with Crippen LogP contribution in [0.25, 0.3) is 0 Å². The summed E-state index contributed by atoms with van der Waals surface area (Å²) in [5, 5.41) is 3.31. The van der Waals surface area contributed by atoms with Crippen molar-refractivity contribution in [1.82, 2.24) is 5.32 Å². The molecule has 0 aromatic heterocycles. The lowest BCUT2D eigenvalue weighted by Gasteiger charge is -2.36. The highest BCUT2D eigenvalue weighted by Gasteiger charge is 2.44. The van der Waals surface area contributed by atoms with Crippen LogP contribution in [0.4, 0.5) is 0 Å². The van der Waals surface area contributed by atoms with E-state index < -0.39 is 5.41 Å². The number of carbonyl (C=O) groups excluding carboxylic acids is 1. The molecule has 1 unspecified atom stereocenters. The molecule has 1 aliphatic rings. The molecule has 1 aromatic carbocycles. The normalized spacial score (nSPS) is 22.8. The van der Waals surface area contributed by atoms with Crippen molar-refractivity contribution in [2.45, 2.75) is 25.2 Å². The van der Waals surface area contributed by atoms with E-state index in [1.54, 1.807) is 7.11 Å². The Hall–Kier alpha value is -1.55. The van der Waals surface area contributed by atoms with E-state index in [1.165, 1.54) is 0 Å². The fraction of sp³-hybridized carbons (Fsp3) is 0.533. The van der Waals surface area contributed by atoms with Crippen LogP contribution in [0, 0.1) is 0 Å². The highest BCUT2D eigenvalue weighted by Crippen LogP contribution is 2.38. The highest BCUT2D eigenvalue weighted by molar-refractivity contribution is 5.85. The highest BCUT2D eigenvalue weighted by atomic mass is 16.5. The van der Waals surface area contributed by atoms with Gasteiger partial charge in [-0.3, -0.25) is 4.79 Å². The van der Waals surface area contributed by atoms with Gasteiger partial charge in [0.25, 0.3) is 0 Å². The molecule has 1 fully saturated rings. The van der Waals surface area contributed by atoms with Gasteiger partial charge < -0.3 is 14.8 Å². The van der Waals surface area contributed by atoms with Crippen LogP contribution in [0.2, 0.25) is 0 Å². The van der Waals surface area contributed by atoms with Crippen molar-refractivity contribution in [2.24, 2.45) is 0 Å². The molecule has 1 saturated heterocycles. The Morgan fingerprint density at radius 2 is 2.21 bits per heavy atom. The predicted molar refractivity (Wildman–Crippen MR) is 73.4 cm³/mol. The van der Waals surface area contributed by atoms with Gasteiger partial charge in [0.05, 0.1) is 13.7 Å². The monoisotopic (exact) mass is 263 g/mol. The summed E-state index contributed by atoms with van der Waals surface area (Å²) in [6, 6.07) is 7.71. The molecule has 19 heavy (non-hydrogen) atoms. The van der Waals surface area contributed by atoms with Crippen molar-refractivity contribution in [3.8, 4) is 5.75 Å². The SMILES string of the molecule is CCOC(=O)C1(c2ccccc2OC)CCCNC1. The van der Waals surface area contributed by atoms with E-state index >= 15 is 0 Å². The van der Waals surface area contributed by atoms with Gasteiger partial charge in [0.2, 0.25) is 0 Å². The minimum absolute atomic E-state index is 0.160. The zero-order valence-electron chi connectivity index (χ0n) is 11.6. The summed E-state index contributed by atoms with van der Waals surface area (Å²) >= 11 is 0. The maximum Gasteiger partial charge on any atom is 0.318 e. The summed E-state index contributed by atoms with van der Waals surface area (Å²) in [7, 11) is 1.63. The van der Waals surface area contributed by atoms with Crippen LogP contribution < -0.4 is 10.1 Å². The number of piperidine rings is 1. The first-order valence-corrected chi connectivity index (χ1v) is 6.76. The van der Waals surface area contributed by atoms with E-state index in [0.29, 0.717) is 13.2 Å². The Bertz CT molecular complexity index is 439. The number of hydrogen-bond donors (Lipinski definition) is 1. The summed E-state index contributed by atoms with van der Waals surface area (Å²) in [6.07, 6.45) is 1.75. The van der Waals surface area contributed by atoms with Crippen molar-refractivity contribution in [2.75, 3.05) is 26.8 Å². The molecule has 0 saturated carbocycles. The molecule has 104 valence electrons. The second-order valence-electron chi connectivity index (χ2n) is 4.78. The number of ether oxygens (including phenoxy) is 2. The molecular formula is C15H21NO3. The van der Waals surface area contributed by atoms with Crippen LogP contribution in [0.15, 0.2) is 24.3 Å². The number of para-hydroxylation sites is 1. The average Bonchev–Trinajstić information content (AvgIpc) is 2.48. The van der Waals surface area contributed by atoms with E-state index in [-0.39, 0.29) is 5.97 Å². The third-order valence-electron chi connectivity index (χ3n) is 3.67. The Balaban J connectivity index is 2.44. The van der Waals surface area contributed by atoms with Gasteiger partial charge in [-0.15, -0.1) is 0 Å². The lowest BCUT2D eigenvalue weighted by molar-refractivity contribution is -0.151. The van der Waals surface area contributed by atoms with Gasteiger partial charge in [-0.25, -0.2) is 0 Å².